The van der Waals surface area contributed by atoms with Gasteiger partial charge >= 0.3 is 0 Å². The maximum absolute atomic E-state index is 9.91. The van der Waals surface area contributed by atoms with Crippen molar-refractivity contribution in [3.05, 3.63) is 29.8 Å². The molecule has 104 valence electrons. The molecule has 0 bridgehead atoms. The lowest BCUT2D eigenvalue weighted by molar-refractivity contribution is 0.166. The molecule has 3 heteroatoms. The Morgan fingerprint density at radius 1 is 1.37 bits per heavy atom. The Morgan fingerprint density at radius 3 is 2.68 bits per heavy atom. The van der Waals surface area contributed by atoms with Gasteiger partial charge in [-0.05, 0) is 39.2 Å². The molecule has 0 aliphatic carbocycles. The number of nitrogens with zero attached hydrogens (tertiary/aromatic N) is 1. The van der Waals surface area contributed by atoms with Crippen molar-refractivity contribution in [3.8, 4) is 11.8 Å². The van der Waals surface area contributed by atoms with E-state index >= 15 is 0 Å². The van der Waals surface area contributed by atoms with E-state index in [1.54, 1.807) is 0 Å². The van der Waals surface area contributed by atoms with Crippen LogP contribution in [0.1, 0.15) is 51.7 Å². The smallest absolute Gasteiger partial charge is 0.125 e. The Kier molecular flexibility index (Phi) is 5.85. The Balaban J connectivity index is 2.52. The van der Waals surface area contributed by atoms with Crippen molar-refractivity contribution in [1.82, 2.24) is 0 Å². The monoisotopic (exact) mass is 261 g/mol. The predicted octanol–water partition coefficient (Wildman–Crippen LogP) is 3.84. The zero-order valence-corrected chi connectivity index (χ0v) is 12.0. The van der Waals surface area contributed by atoms with Gasteiger partial charge in [0.25, 0.3) is 0 Å². The van der Waals surface area contributed by atoms with Gasteiger partial charge in [-0.15, -0.1) is 0 Å². The molecule has 1 N–H and O–H groups in total. The molecule has 0 aliphatic rings. The van der Waals surface area contributed by atoms with Crippen molar-refractivity contribution in [2.24, 2.45) is 5.41 Å². The van der Waals surface area contributed by atoms with Gasteiger partial charge in [0.2, 0.25) is 0 Å². The molecule has 0 heterocycles. The third-order valence-electron chi connectivity index (χ3n) is 3.17. The molecule has 0 amide bonds. The number of para-hydroxylation sites is 1. The molecule has 1 atom stereocenters. The van der Waals surface area contributed by atoms with Crippen LogP contribution in [0.5, 0.6) is 5.75 Å². The highest BCUT2D eigenvalue weighted by molar-refractivity contribution is 5.34. The number of nitriles is 1. The van der Waals surface area contributed by atoms with Gasteiger partial charge in [0.1, 0.15) is 5.75 Å². The molecular weight excluding hydrogens is 238 g/mol. The van der Waals surface area contributed by atoms with Crippen LogP contribution in [0.2, 0.25) is 0 Å². The van der Waals surface area contributed by atoms with Crippen LogP contribution in [0.25, 0.3) is 0 Å². The molecule has 0 radical (unpaired) electrons. The van der Waals surface area contributed by atoms with Crippen LogP contribution in [-0.4, -0.2) is 11.7 Å². The summed E-state index contributed by atoms with van der Waals surface area (Å²) < 4.78 is 5.73. The first kappa shape index (κ1) is 15.5. The molecule has 1 aromatic carbocycles. The van der Waals surface area contributed by atoms with Crippen molar-refractivity contribution < 1.29 is 9.84 Å². The van der Waals surface area contributed by atoms with E-state index in [0.29, 0.717) is 13.0 Å². The lowest BCUT2D eigenvalue weighted by Gasteiger charge is -2.17. The van der Waals surface area contributed by atoms with Gasteiger partial charge in [-0.25, -0.2) is 0 Å². The summed E-state index contributed by atoms with van der Waals surface area (Å²) in [4.78, 5) is 0. The zero-order chi connectivity index (χ0) is 14.3. The zero-order valence-electron chi connectivity index (χ0n) is 12.0. The lowest BCUT2D eigenvalue weighted by Crippen LogP contribution is -2.10. The first-order valence-corrected chi connectivity index (χ1v) is 6.81. The lowest BCUT2D eigenvalue weighted by atomic mass is 9.90. The van der Waals surface area contributed by atoms with Crippen LogP contribution in [0.3, 0.4) is 0 Å². The van der Waals surface area contributed by atoms with Gasteiger partial charge in [-0.3, -0.25) is 0 Å². The maximum Gasteiger partial charge on any atom is 0.125 e. The summed E-state index contributed by atoms with van der Waals surface area (Å²) in [6, 6.07) is 9.86. The summed E-state index contributed by atoms with van der Waals surface area (Å²) >= 11 is 0. The molecule has 3 nitrogen and oxygen atoms in total. The Hall–Kier alpha value is -1.53. The molecule has 0 fully saturated rings. The van der Waals surface area contributed by atoms with Crippen molar-refractivity contribution in [3.63, 3.8) is 0 Å². The predicted molar refractivity (Wildman–Crippen MR) is 75.8 cm³/mol. The van der Waals surface area contributed by atoms with Crippen molar-refractivity contribution in [2.75, 3.05) is 6.61 Å². The van der Waals surface area contributed by atoms with E-state index in [0.717, 1.165) is 24.2 Å². The fourth-order valence-corrected chi connectivity index (χ4v) is 1.86. The average Bonchev–Trinajstić information content (AvgIpc) is 2.43. The maximum atomic E-state index is 9.91. The number of rotatable bonds is 7. The number of ether oxygens (including phenoxy) is 1. The topological polar surface area (TPSA) is 53.2 Å². The average molecular weight is 261 g/mol. The minimum atomic E-state index is -0.480. The SMILES string of the molecule is CC[C@H](O)c1ccccc1OCCCC(C)(C)C#N. The van der Waals surface area contributed by atoms with E-state index in [1.165, 1.54) is 0 Å². The molecule has 1 aromatic rings. The van der Waals surface area contributed by atoms with Crippen LogP contribution < -0.4 is 4.74 Å². The highest BCUT2D eigenvalue weighted by atomic mass is 16.5. The summed E-state index contributed by atoms with van der Waals surface area (Å²) in [6.45, 7) is 6.37. The number of benzene rings is 1. The Morgan fingerprint density at radius 2 is 2.05 bits per heavy atom. The molecular formula is C16H23NO2. The van der Waals surface area contributed by atoms with Crippen LogP contribution in [-0.2, 0) is 0 Å². The fraction of sp³-hybridized carbons (Fsp3) is 0.562. The van der Waals surface area contributed by atoms with Gasteiger partial charge in [0, 0.05) is 5.56 Å². The van der Waals surface area contributed by atoms with E-state index < -0.39 is 6.10 Å². The minimum Gasteiger partial charge on any atom is -0.493 e. The Labute approximate surface area is 115 Å². The molecule has 0 aromatic heterocycles. The van der Waals surface area contributed by atoms with Crippen molar-refractivity contribution in [2.45, 2.75) is 46.1 Å². The molecule has 0 saturated heterocycles. The molecule has 0 aliphatic heterocycles. The molecule has 0 unspecified atom stereocenters. The van der Waals surface area contributed by atoms with Crippen LogP contribution in [0, 0.1) is 16.7 Å². The van der Waals surface area contributed by atoms with E-state index in [2.05, 4.69) is 6.07 Å². The van der Waals surface area contributed by atoms with Gasteiger partial charge in [-0.2, -0.15) is 5.26 Å². The second-order valence-corrected chi connectivity index (χ2v) is 5.41. The third kappa shape index (κ3) is 4.92. The van der Waals surface area contributed by atoms with Gasteiger partial charge in [-0.1, -0.05) is 25.1 Å². The van der Waals surface area contributed by atoms with Crippen LogP contribution in [0.15, 0.2) is 24.3 Å². The fourth-order valence-electron chi connectivity index (χ4n) is 1.86. The van der Waals surface area contributed by atoms with E-state index in [9.17, 15) is 5.11 Å². The first-order valence-electron chi connectivity index (χ1n) is 6.81. The summed E-state index contributed by atoms with van der Waals surface area (Å²) in [5, 5.41) is 18.8. The molecule has 0 saturated carbocycles. The second-order valence-electron chi connectivity index (χ2n) is 5.41. The minimum absolute atomic E-state index is 0.300. The largest absolute Gasteiger partial charge is 0.493 e. The highest BCUT2D eigenvalue weighted by Crippen LogP contribution is 2.27. The molecule has 1 rings (SSSR count). The second kappa shape index (κ2) is 7.16. The summed E-state index contributed by atoms with van der Waals surface area (Å²) in [6.07, 6.45) is 1.83. The summed E-state index contributed by atoms with van der Waals surface area (Å²) in [5.74, 6) is 0.742. The standard InChI is InChI=1S/C16H23NO2/c1-4-14(18)13-8-5-6-9-15(13)19-11-7-10-16(2,3)12-17/h5-6,8-9,14,18H,4,7,10-11H2,1-3H3/t14-/m0/s1. The summed E-state index contributed by atoms with van der Waals surface area (Å²) in [7, 11) is 0. The quantitative estimate of drug-likeness (QED) is 0.759. The Bertz CT molecular complexity index is 435. The van der Waals surface area contributed by atoms with Gasteiger partial charge in [0.15, 0.2) is 0 Å². The molecule has 0 spiro atoms. The van der Waals surface area contributed by atoms with Gasteiger partial charge < -0.3 is 9.84 Å². The molecule has 19 heavy (non-hydrogen) atoms. The van der Waals surface area contributed by atoms with Crippen molar-refractivity contribution >= 4 is 0 Å². The highest BCUT2D eigenvalue weighted by Gasteiger charge is 2.16. The number of hydrogen-bond acceptors (Lipinski definition) is 3. The first-order chi connectivity index (χ1) is 9.00. The normalized spacial score (nSPS) is 12.8. The van der Waals surface area contributed by atoms with E-state index in [1.807, 2.05) is 45.0 Å². The third-order valence-corrected chi connectivity index (χ3v) is 3.17. The van der Waals surface area contributed by atoms with Gasteiger partial charge in [0.05, 0.1) is 24.2 Å². The van der Waals surface area contributed by atoms with Crippen LogP contribution in [0.4, 0.5) is 0 Å². The van der Waals surface area contributed by atoms with E-state index in [4.69, 9.17) is 10.00 Å². The summed E-state index contributed by atoms with van der Waals surface area (Å²) in [5.41, 5.74) is 0.538. The van der Waals surface area contributed by atoms with E-state index in [-0.39, 0.29) is 5.41 Å². The number of aliphatic hydroxyl groups is 1. The van der Waals surface area contributed by atoms with Crippen LogP contribution >= 0.6 is 0 Å². The van der Waals surface area contributed by atoms with Crippen molar-refractivity contribution in [1.29, 1.82) is 5.26 Å². The number of hydrogen-bond donors (Lipinski definition) is 1. The number of aliphatic hydroxyl groups excluding tert-OH is 1.